The van der Waals surface area contributed by atoms with Gasteiger partial charge in [-0.05, 0) is 32.2 Å². The number of ether oxygens (including phenoxy) is 1. The van der Waals surface area contributed by atoms with Crippen molar-refractivity contribution in [2.45, 2.75) is 49.8 Å². The summed E-state index contributed by atoms with van der Waals surface area (Å²) in [6.45, 7) is 4.17. The van der Waals surface area contributed by atoms with Crippen LogP contribution in [0.3, 0.4) is 0 Å². The average Bonchev–Trinajstić information content (AvgIpc) is 2.91. The molecule has 1 N–H and O–H groups in total. The van der Waals surface area contributed by atoms with E-state index >= 15 is 0 Å². The van der Waals surface area contributed by atoms with Crippen LogP contribution in [0.5, 0.6) is 0 Å². The van der Waals surface area contributed by atoms with Crippen LogP contribution in [0.1, 0.15) is 32.1 Å². The van der Waals surface area contributed by atoms with E-state index in [1.54, 1.807) is 0 Å². The van der Waals surface area contributed by atoms with Gasteiger partial charge in [0.25, 0.3) is 0 Å². The number of hydrogen-bond acceptors (Lipinski definition) is 4. The van der Waals surface area contributed by atoms with Crippen molar-refractivity contribution in [2.24, 2.45) is 5.92 Å². The number of alkyl carbamates (subject to hydrolysis) is 1. The topological polar surface area (TPSA) is 44.8 Å². The Labute approximate surface area is 120 Å². The van der Waals surface area contributed by atoms with Crippen LogP contribution in [-0.4, -0.2) is 66.8 Å². The SMILES string of the molecule is CN1CC2CC1CC(N1CCC3(CC1)CNC(=O)O3)C2. The van der Waals surface area contributed by atoms with E-state index in [0.29, 0.717) is 6.54 Å². The first kappa shape index (κ1) is 12.9. The van der Waals surface area contributed by atoms with E-state index in [4.69, 9.17) is 4.74 Å². The molecule has 3 saturated heterocycles. The fourth-order valence-electron chi connectivity index (χ4n) is 4.81. The van der Waals surface area contributed by atoms with Gasteiger partial charge in [0, 0.05) is 44.6 Å². The highest BCUT2D eigenvalue weighted by Gasteiger charge is 2.46. The third-order valence-electron chi connectivity index (χ3n) is 6.01. The summed E-state index contributed by atoms with van der Waals surface area (Å²) < 4.78 is 5.51. The van der Waals surface area contributed by atoms with Gasteiger partial charge in [-0.3, -0.25) is 0 Å². The lowest BCUT2D eigenvalue weighted by Crippen LogP contribution is -2.51. The van der Waals surface area contributed by atoms with Gasteiger partial charge < -0.3 is 19.9 Å². The van der Waals surface area contributed by atoms with Crippen molar-refractivity contribution in [3.8, 4) is 0 Å². The van der Waals surface area contributed by atoms with Gasteiger partial charge in [0.05, 0.1) is 6.54 Å². The number of carbonyl (C=O) groups is 1. The van der Waals surface area contributed by atoms with Crippen molar-refractivity contribution in [1.29, 1.82) is 0 Å². The summed E-state index contributed by atoms with van der Waals surface area (Å²) in [5.41, 5.74) is -0.196. The quantitative estimate of drug-likeness (QED) is 0.779. The number of piperidine rings is 1. The Morgan fingerprint density at radius 3 is 2.60 bits per heavy atom. The first-order valence-corrected chi connectivity index (χ1v) is 8.05. The van der Waals surface area contributed by atoms with Crippen molar-refractivity contribution >= 4 is 6.09 Å². The second-order valence-electron chi connectivity index (χ2n) is 7.28. The van der Waals surface area contributed by atoms with E-state index in [1.807, 2.05) is 0 Å². The van der Waals surface area contributed by atoms with Crippen molar-refractivity contribution < 1.29 is 9.53 Å². The molecule has 1 amide bonds. The third kappa shape index (κ3) is 2.11. The summed E-state index contributed by atoms with van der Waals surface area (Å²) in [6, 6.07) is 1.56. The molecule has 3 aliphatic heterocycles. The first-order chi connectivity index (χ1) is 9.63. The van der Waals surface area contributed by atoms with E-state index in [0.717, 1.165) is 43.9 Å². The van der Waals surface area contributed by atoms with Crippen molar-refractivity contribution in [3.05, 3.63) is 0 Å². The van der Waals surface area contributed by atoms with E-state index in [-0.39, 0.29) is 11.7 Å². The molecule has 20 heavy (non-hydrogen) atoms. The molecule has 2 bridgehead atoms. The Hall–Kier alpha value is -0.810. The highest BCUT2D eigenvalue weighted by molar-refractivity contribution is 5.70. The molecule has 1 spiro atoms. The predicted octanol–water partition coefficient (Wildman–Crippen LogP) is 1.04. The summed E-state index contributed by atoms with van der Waals surface area (Å²) >= 11 is 0. The molecular formula is C15H25N3O2. The number of rotatable bonds is 1. The van der Waals surface area contributed by atoms with Crippen molar-refractivity contribution in [2.75, 3.05) is 33.2 Å². The summed E-state index contributed by atoms with van der Waals surface area (Å²) in [4.78, 5) is 16.5. The van der Waals surface area contributed by atoms with Crippen molar-refractivity contribution in [3.63, 3.8) is 0 Å². The molecule has 3 atom stereocenters. The smallest absolute Gasteiger partial charge is 0.407 e. The van der Waals surface area contributed by atoms with Gasteiger partial charge >= 0.3 is 6.09 Å². The Bertz CT molecular complexity index is 404. The number of nitrogens with one attached hydrogen (secondary N) is 1. The maximum atomic E-state index is 11.3. The van der Waals surface area contributed by atoms with E-state index < -0.39 is 0 Å². The van der Waals surface area contributed by atoms with Crippen LogP contribution in [0.15, 0.2) is 0 Å². The molecule has 0 aromatic carbocycles. The van der Waals surface area contributed by atoms with Crippen LogP contribution in [0, 0.1) is 5.92 Å². The van der Waals surface area contributed by atoms with Gasteiger partial charge in [0.2, 0.25) is 0 Å². The highest BCUT2D eigenvalue weighted by Crippen LogP contribution is 2.39. The summed E-state index contributed by atoms with van der Waals surface area (Å²) in [6.07, 6.45) is 5.87. The molecule has 1 aliphatic carbocycles. The lowest BCUT2D eigenvalue weighted by Gasteiger charge is -2.43. The number of likely N-dealkylation sites (tertiary alicyclic amines) is 2. The Morgan fingerprint density at radius 1 is 1.20 bits per heavy atom. The molecule has 112 valence electrons. The lowest BCUT2D eigenvalue weighted by molar-refractivity contribution is -0.0168. The minimum absolute atomic E-state index is 0.196. The number of carbonyl (C=O) groups excluding carboxylic acids is 1. The van der Waals surface area contributed by atoms with Crippen LogP contribution in [0.2, 0.25) is 0 Å². The Kier molecular flexibility index (Phi) is 2.96. The zero-order valence-corrected chi connectivity index (χ0v) is 12.3. The minimum Gasteiger partial charge on any atom is -0.441 e. The molecule has 3 heterocycles. The Balaban J connectivity index is 1.37. The van der Waals surface area contributed by atoms with Gasteiger partial charge in [0.15, 0.2) is 0 Å². The number of hydrogen-bond donors (Lipinski definition) is 1. The molecule has 4 fully saturated rings. The fraction of sp³-hybridized carbons (Fsp3) is 0.933. The lowest BCUT2D eigenvalue weighted by atomic mass is 9.83. The molecule has 0 aromatic heterocycles. The standard InChI is InChI=1S/C15H25N3O2/c1-17-9-11-6-12(17)8-13(7-11)18-4-2-15(3-5-18)10-16-14(19)20-15/h11-13H,2-10H2,1H3,(H,16,19). The van der Waals surface area contributed by atoms with E-state index in [9.17, 15) is 4.79 Å². The van der Waals surface area contributed by atoms with Gasteiger partial charge in [-0.1, -0.05) is 0 Å². The number of amides is 1. The maximum Gasteiger partial charge on any atom is 0.407 e. The molecule has 3 unspecified atom stereocenters. The third-order valence-corrected chi connectivity index (χ3v) is 6.01. The zero-order chi connectivity index (χ0) is 13.7. The van der Waals surface area contributed by atoms with Crippen LogP contribution in [0.25, 0.3) is 0 Å². The second-order valence-corrected chi connectivity index (χ2v) is 7.28. The van der Waals surface area contributed by atoms with Gasteiger partial charge in [0.1, 0.15) is 5.60 Å². The first-order valence-electron chi connectivity index (χ1n) is 8.05. The zero-order valence-electron chi connectivity index (χ0n) is 12.3. The van der Waals surface area contributed by atoms with E-state index in [2.05, 4.69) is 22.2 Å². The van der Waals surface area contributed by atoms with Gasteiger partial charge in [-0.2, -0.15) is 0 Å². The molecule has 4 aliphatic rings. The molecule has 5 nitrogen and oxygen atoms in total. The van der Waals surface area contributed by atoms with Crippen molar-refractivity contribution in [1.82, 2.24) is 15.1 Å². The molecule has 1 saturated carbocycles. The Morgan fingerprint density at radius 2 is 1.95 bits per heavy atom. The highest BCUT2D eigenvalue weighted by atomic mass is 16.6. The van der Waals surface area contributed by atoms with Crippen LogP contribution < -0.4 is 5.32 Å². The van der Waals surface area contributed by atoms with Crippen LogP contribution in [-0.2, 0) is 4.74 Å². The monoisotopic (exact) mass is 279 g/mol. The molecule has 4 rings (SSSR count). The molecule has 0 radical (unpaired) electrons. The summed E-state index contributed by atoms with van der Waals surface area (Å²) in [7, 11) is 2.28. The molecule has 0 aromatic rings. The minimum atomic E-state index is -0.226. The number of nitrogens with zero attached hydrogens (tertiary/aromatic N) is 2. The fourth-order valence-corrected chi connectivity index (χ4v) is 4.81. The molecular weight excluding hydrogens is 254 g/mol. The van der Waals surface area contributed by atoms with Gasteiger partial charge in [-0.25, -0.2) is 4.79 Å². The summed E-state index contributed by atoms with van der Waals surface area (Å²) in [5.74, 6) is 0.908. The van der Waals surface area contributed by atoms with Crippen LogP contribution in [0.4, 0.5) is 4.79 Å². The summed E-state index contributed by atoms with van der Waals surface area (Å²) in [5, 5.41) is 2.82. The predicted molar refractivity (Wildman–Crippen MR) is 75.6 cm³/mol. The maximum absolute atomic E-state index is 11.3. The van der Waals surface area contributed by atoms with Gasteiger partial charge in [-0.15, -0.1) is 0 Å². The van der Waals surface area contributed by atoms with Crippen LogP contribution >= 0.6 is 0 Å². The van der Waals surface area contributed by atoms with E-state index in [1.165, 1.54) is 25.8 Å². The second kappa shape index (κ2) is 4.60. The largest absolute Gasteiger partial charge is 0.441 e. The average molecular weight is 279 g/mol. The normalized spacial score (nSPS) is 40.9. The molecule has 5 heteroatoms. The number of fused-ring (bicyclic) bond motifs is 2.